The van der Waals surface area contributed by atoms with Crippen LogP contribution in [-0.2, 0) is 6.42 Å². The normalized spacial score (nSPS) is 11.8. The number of rotatable bonds is 2. The molecular weight excluding hydrogens is 249 g/mol. The molecule has 0 aliphatic carbocycles. The fourth-order valence-electron chi connectivity index (χ4n) is 1.26. The van der Waals surface area contributed by atoms with Gasteiger partial charge >= 0.3 is 0 Å². The monoisotopic (exact) mass is 261 g/mol. The molecule has 0 saturated carbocycles. The van der Waals surface area contributed by atoms with E-state index in [0.717, 1.165) is 0 Å². The van der Waals surface area contributed by atoms with E-state index in [1.54, 1.807) is 0 Å². The molecule has 4 heteroatoms. The first kappa shape index (κ1) is 11.5. The average Bonchev–Trinajstić information content (AvgIpc) is 1.96. The van der Waals surface area contributed by atoms with Crippen molar-refractivity contribution in [3.8, 4) is 5.75 Å². The fourth-order valence-corrected chi connectivity index (χ4v) is 1.49. The number of hydrogen-bond donors (Lipinski definition) is 2. The van der Waals surface area contributed by atoms with E-state index < -0.39 is 11.4 Å². The van der Waals surface area contributed by atoms with Gasteiger partial charge in [0.1, 0.15) is 11.6 Å². The van der Waals surface area contributed by atoms with Crippen LogP contribution in [0.15, 0.2) is 16.6 Å². The van der Waals surface area contributed by atoms with Crippen LogP contribution >= 0.6 is 15.9 Å². The van der Waals surface area contributed by atoms with Gasteiger partial charge in [0.05, 0.1) is 4.47 Å². The van der Waals surface area contributed by atoms with Crippen LogP contribution in [0, 0.1) is 5.82 Å². The lowest BCUT2D eigenvalue weighted by atomic mass is 9.96. The number of hydrogen-bond acceptors (Lipinski definition) is 2. The number of halogens is 2. The maximum Gasteiger partial charge on any atom is 0.141 e. The van der Waals surface area contributed by atoms with Crippen molar-refractivity contribution < 1.29 is 9.50 Å². The van der Waals surface area contributed by atoms with Gasteiger partial charge in [0.15, 0.2) is 0 Å². The largest absolute Gasteiger partial charge is 0.507 e. The van der Waals surface area contributed by atoms with E-state index in [0.29, 0.717) is 12.0 Å². The van der Waals surface area contributed by atoms with Crippen LogP contribution in [0.1, 0.15) is 19.4 Å². The quantitative estimate of drug-likeness (QED) is 0.860. The number of phenols is 1. The van der Waals surface area contributed by atoms with Gasteiger partial charge in [-0.05, 0) is 53.9 Å². The van der Waals surface area contributed by atoms with E-state index in [4.69, 9.17) is 5.73 Å². The predicted molar refractivity (Wildman–Crippen MR) is 57.7 cm³/mol. The lowest BCUT2D eigenvalue weighted by Gasteiger charge is -2.18. The second-order valence-electron chi connectivity index (χ2n) is 4.08. The van der Waals surface area contributed by atoms with Gasteiger partial charge in [0.2, 0.25) is 0 Å². The molecule has 0 unspecified atom stereocenters. The van der Waals surface area contributed by atoms with Crippen molar-refractivity contribution in [2.24, 2.45) is 5.73 Å². The molecule has 1 aromatic rings. The van der Waals surface area contributed by atoms with Crippen molar-refractivity contribution in [3.63, 3.8) is 0 Å². The van der Waals surface area contributed by atoms with Gasteiger partial charge in [-0.3, -0.25) is 0 Å². The molecule has 0 spiro atoms. The highest BCUT2D eigenvalue weighted by Crippen LogP contribution is 2.29. The average molecular weight is 262 g/mol. The molecule has 14 heavy (non-hydrogen) atoms. The topological polar surface area (TPSA) is 46.2 Å². The molecule has 0 aliphatic heterocycles. The molecule has 0 aromatic heterocycles. The van der Waals surface area contributed by atoms with Crippen LogP contribution in [0.4, 0.5) is 4.39 Å². The number of aromatic hydroxyl groups is 1. The zero-order chi connectivity index (χ0) is 10.9. The summed E-state index contributed by atoms with van der Waals surface area (Å²) < 4.78 is 13.3. The van der Waals surface area contributed by atoms with Gasteiger partial charge in [-0.2, -0.15) is 0 Å². The standard InChI is InChI=1S/C10H13BrFNO/c1-10(2,13)5-6-3-7(12)9(11)8(14)4-6/h3-4,14H,5,13H2,1-2H3. The molecule has 0 aliphatic rings. The van der Waals surface area contributed by atoms with E-state index in [-0.39, 0.29) is 10.2 Å². The second kappa shape index (κ2) is 3.87. The van der Waals surface area contributed by atoms with E-state index in [1.807, 2.05) is 13.8 Å². The van der Waals surface area contributed by atoms with Crippen LogP contribution in [0.3, 0.4) is 0 Å². The summed E-state index contributed by atoms with van der Waals surface area (Å²) in [6.45, 7) is 3.70. The summed E-state index contributed by atoms with van der Waals surface area (Å²) >= 11 is 2.94. The Morgan fingerprint density at radius 1 is 1.50 bits per heavy atom. The van der Waals surface area contributed by atoms with Crippen LogP contribution in [-0.4, -0.2) is 10.6 Å². The van der Waals surface area contributed by atoms with Crippen molar-refractivity contribution in [2.45, 2.75) is 25.8 Å². The van der Waals surface area contributed by atoms with Gasteiger partial charge in [-0.15, -0.1) is 0 Å². The third-order valence-corrected chi connectivity index (χ3v) is 2.51. The summed E-state index contributed by atoms with van der Waals surface area (Å²) in [7, 11) is 0. The van der Waals surface area contributed by atoms with Crippen LogP contribution in [0.5, 0.6) is 5.75 Å². The van der Waals surface area contributed by atoms with Gasteiger partial charge in [0.25, 0.3) is 0 Å². The highest BCUT2D eigenvalue weighted by atomic mass is 79.9. The zero-order valence-corrected chi connectivity index (χ0v) is 9.73. The third kappa shape index (κ3) is 2.96. The summed E-state index contributed by atoms with van der Waals surface area (Å²) in [6, 6.07) is 2.89. The summed E-state index contributed by atoms with van der Waals surface area (Å²) in [4.78, 5) is 0. The predicted octanol–water partition coefficient (Wildman–Crippen LogP) is 2.57. The maximum atomic E-state index is 13.2. The smallest absolute Gasteiger partial charge is 0.141 e. The first-order chi connectivity index (χ1) is 6.29. The minimum atomic E-state index is -0.468. The van der Waals surface area contributed by atoms with Crippen molar-refractivity contribution in [1.29, 1.82) is 0 Å². The van der Waals surface area contributed by atoms with Crippen molar-refractivity contribution in [3.05, 3.63) is 28.0 Å². The first-order valence-corrected chi connectivity index (χ1v) is 5.05. The Kier molecular flexibility index (Phi) is 3.17. The van der Waals surface area contributed by atoms with Crippen LogP contribution in [0.25, 0.3) is 0 Å². The lowest BCUT2D eigenvalue weighted by molar-refractivity contribution is 0.459. The Balaban J connectivity index is 3.02. The van der Waals surface area contributed by atoms with Crippen molar-refractivity contribution in [2.75, 3.05) is 0 Å². The SMILES string of the molecule is CC(C)(N)Cc1cc(O)c(Br)c(F)c1. The van der Waals surface area contributed by atoms with Gasteiger partial charge in [-0.1, -0.05) is 0 Å². The van der Waals surface area contributed by atoms with Gasteiger partial charge in [-0.25, -0.2) is 4.39 Å². The summed E-state index contributed by atoms with van der Waals surface area (Å²) in [6.07, 6.45) is 0.519. The Morgan fingerprint density at radius 2 is 2.07 bits per heavy atom. The Bertz CT molecular complexity index is 323. The fraction of sp³-hybridized carbons (Fsp3) is 0.400. The molecule has 1 rings (SSSR count). The van der Waals surface area contributed by atoms with Crippen molar-refractivity contribution in [1.82, 2.24) is 0 Å². The van der Waals surface area contributed by atoms with Gasteiger partial charge in [0, 0.05) is 5.54 Å². The first-order valence-electron chi connectivity index (χ1n) is 4.25. The molecule has 0 heterocycles. The van der Waals surface area contributed by atoms with Crippen molar-refractivity contribution >= 4 is 15.9 Å². The molecule has 3 N–H and O–H groups in total. The van der Waals surface area contributed by atoms with Crippen LogP contribution in [0.2, 0.25) is 0 Å². The second-order valence-corrected chi connectivity index (χ2v) is 4.87. The Labute approximate surface area is 91.1 Å². The minimum absolute atomic E-state index is 0.0933. The number of benzene rings is 1. The van der Waals surface area contributed by atoms with E-state index in [2.05, 4.69) is 15.9 Å². The zero-order valence-electron chi connectivity index (χ0n) is 8.14. The summed E-state index contributed by atoms with van der Waals surface area (Å²) in [5.74, 6) is -0.562. The molecule has 0 radical (unpaired) electrons. The van der Waals surface area contributed by atoms with E-state index in [1.165, 1.54) is 12.1 Å². The molecule has 2 nitrogen and oxygen atoms in total. The molecule has 0 amide bonds. The van der Waals surface area contributed by atoms with E-state index >= 15 is 0 Å². The highest BCUT2D eigenvalue weighted by molar-refractivity contribution is 9.10. The highest BCUT2D eigenvalue weighted by Gasteiger charge is 2.14. The molecule has 0 atom stereocenters. The molecule has 78 valence electrons. The number of nitrogens with two attached hydrogens (primary N) is 1. The Morgan fingerprint density at radius 3 is 2.50 bits per heavy atom. The molecule has 1 aromatic carbocycles. The maximum absolute atomic E-state index is 13.2. The molecular formula is C10H13BrFNO. The molecule has 0 bridgehead atoms. The summed E-state index contributed by atoms with van der Waals surface area (Å²) in [5.41, 5.74) is 6.07. The van der Waals surface area contributed by atoms with E-state index in [9.17, 15) is 9.50 Å². The number of phenolic OH excluding ortho intramolecular Hbond substituents is 1. The Hall–Kier alpha value is -0.610. The molecule has 0 saturated heterocycles. The van der Waals surface area contributed by atoms with Gasteiger partial charge < -0.3 is 10.8 Å². The lowest BCUT2D eigenvalue weighted by Crippen LogP contribution is -2.34. The van der Waals surface area contributed by atoms with Crippen LogP contribution < -0.4 is 5.73 Å². The minimum Gasteiger partial charge on any atom is -0.507 e. The third-order valence-electron chi connectivity index (χ3n) is 1.73. The molecule has 0 fully saturated rings. The summed E-state index contributed by atoms with van der Waals surface area (Å²) in [5, 5.41) is 9.35.